The predicted molar refractivity (Wildman–Crippen MR) is 114 cm³/mol. The molecule has 1 fully saturated rings. The van der Waals surface area contributed by atoms with Crippen molar-refractivity contribution in [3.8, 4) is 5.75 Å². The molecule has 5 nitrogen and oxygen atoms in total. The number of methoxy groups -OCH3 is 1. The molecule has 1 saturated heterocycles. The summed E-state index contributed by atoms with van der Waals surface area (Å²) in [6.07, 6.45) is 1.93. The third-order valence-corrected chi connectivity index (χ3v) is 6.29. The zero-order valence-corrected chi connectivity index (χ0v) is 17.0. The van der Waals surface area contributed by atoms with Crippen LogP contribution >= 0.6 is 11.3 Å². The minimum atomic E-state index is 0.0353. The molecule has 4 rings (SSSR count). The Hall–Kier alpha value is -2.60. The topological polar surface area (TPSA) is 54.5 Å². The summed E-state index contributed by atoms with van der Waals surface area (Å²) in [6.45, 7) is 3.52. The van der Waals surface area contributed by atoms with Gasteiger partial charge in [0.1, 0.15) is 11.3 Å². The van der Waals surface area contributed by atoms with Crippen LogP contribution < -0.4 is 15.0 Å². The Balaban J connectivity index is 1.28. The van der Waals surface area contributed by atoms with E-state index in [2.05, 4.69) is 47.5 Å². The normalized spacial score (nSPS) is 15.3. The zero-order valence-electron chi connectivity index (χ0n) is 16.2. The third kappa shape index (κ3) is 3.97. The Morgan fingerprint density at radius 2 is 2.04 bits per heavy atom. The van der Waals surface area contributed by atoms with Crippen molar-refractivity contribution < 1.29 is 9.53 Å². The summed E-state index contributed by atoms with van der Waals surface area (Å²) in [6, 6.07) is 16.5. The van der Waals surface area contributed by atoms with Crippen molar-refractivity contribution in [1.82, 2.24) is 10.3 Å². The first-order valence-corrected chi connectivity index (χ1v) is 10.5. The van der Waals surface area contributed by atoms with Gasteiger partial charge in [-0.15, -0.1) is 0 Å². The number of aryl methyl sites for hydroxylation is 1. The lowest BCUT2D eigenvalue weighted by molar-refractivity contribution is -0.126. The van der Waals surface area contributed by atoms with E-state index in [9.17, 15) is 4.79 Å². The number of ether oxygens (including phenoxy) is 1. The molecule has 1 N–H and O–H groups in total. The lowest BCUT2D eigenvalue weighted by Gasteiger charge is -2.38. The Kier molecular flexibility index (Phi) is 5.48. The monoisotopic (exact) mass is 395 g/mol. The molecule has 1 aliphatic rings. The average molecular weight is 396 g/mol. The van der Waals surface area contributed by atoms with Crippen LogP contribution in [0.15, 0.2) is 48.5 Å². The second-order valence-electron chi connectivity index (χ2n) is 7.34. The summed E-state index contributed by atoms with van der Waals surface area (Å²) in [5.41, 5.74) is 2.21. The molecule has 146 valence electrons. The van der Waals surface area contributed by atoms with E-state index in [-0.39, 0.29) is 17.9 Å². The largest absolute Gasteiger partial charge is 0.494 e. The highest BCUT2D eigenvalue weighted by atomic mass is 32.1. The van der Waals surface area contributed by atoms with E-state index >= 15 is 0 Å². The van der Waals surface area contributed by atoms with Crippen molar-refractivity contribution in [3.05, 3.63) is 54.1 Å². The first-order valence-electron chi connectivity index (χ1n) is 9.67. The van der Waals surface area contributed by atoms with Crippen LogP contribution in [0.5, 0.6) is 5.75 Å². The molecule has 1 aromatic heterocycles. The number of benzene rings is 2. The number of aromatic nitrogens is 1. The Bertz CT molecular complexity index is 951. The molecule has 0 saturated carbocycles. The Labute approximate surface area is 169 Å². The van der Waals surface area contributed by atoms with Gasteiger partial charge in [0.05, 0.1) is 17.7 Å². The smallest absolute Gasteiger partial charge is 0.226 e. The van der Waals surface area contributed by atoms with Crippen molar-refractivity contribution in [2.45, 2.75) is 25.8 Å². The molecule has 1 atom stereocenters. The van der Waals surface area contributed by atoms with Crippen LogP contribution in [0.1, 0.15) is 18.9 Å². The molecule has 1 aliphatic heterocycles. The van der Waals surface area contributed by atoms with Crippen LogP contribution in [-0.2, 0) is 11.2 Å². The maximum absolute atomic E-state index is 12.5. The number of carbonyl (C=O) groups is 1. The van der Waals surface area contributed by atoms with Gasteiger partial charge in [-0.25, -0.2) is 4.98 Å². The van der Waals surface area contributed by atoms with E-state index < -0.39 is 0 Å². The average Bonchev–Trinajstić information content (AvgIpc) is 3.09. The number of anilines is 1. The van der Waals surface area contributed by atoms with Crippen LogP contribution in [-0.4, -0.2) is 37.1 Å². The van der Waals surface area contributed by atoms with Gasteiger partial charge in [0, 0.05) is 19.1 Å². The Morgan fingerprint density at radius 3 is 2.79 bits per heavy atom. The van der Waals surface area contributed by atoms with Crippen molar-refractivity contribution in [3.63, 3.8) is 0 Å². The summed E-state index contributed by atoms with van der Waals surface area (Å²) in [7, 11) is 1.66. The molecule has 1 unspecified atom stereocenters. The number of rotatable bonds is 7. The number of hydrogen-bond donors (Lipinski definition) is 1. The fraction of sp³-hybridized carbons (Fsp3) is 0.364. The minimum Gasteiger partial charge on any atom is -0.494 e. The number of nitrogens with one attached hydrogen (secondary N) is 1. The van der Waals surface area contributed by atoms with Gasteiger partial charge in [0.15, 0.2) is 5.13 Å². The van der Waals surface area contributed by atoms with Crippen LogP contribution in [0.3, 0.4) is 0 Å². The number of fused-ring (bicyclic) bond motifs is 1. The second kappa shape index (κ2) is 8.19. The van der Waals surface area contributed by atoms with Gasteiger partial charge in [0.2, 0.25) is 5.91 Å². The van der Waals surface area contributed by atoms with Gasteiger partial charge >= 0.3 is 0 Å². The number of carbonyl (C=O) groups excluding carboxylic acids is 1. The highest BCUT2D eigenvalue weighted by Crippen LogP contribution is 2.36. The maximum Gasteiger partial charge on any atom is 0.226 e. The summed E-state index contributed by atoms with van der Waals surface area (Å²) in [5.74, 6) is 0.977. The fourth-order valence-corrected chi connectivity index (χ4v) is 4.47. The molecular formula is C22H25N3O2S. The van der Waals surface area contributed by atoms with E-state index in [0.717, 1.165) is 47.0 Å². The lowest BCUT2D eigenvalue weighted by atomic mass is 9.99. The molecule has 6 heteroatoms. The molecule has 2 heterocycles. The van der Waals surface area contributed by atoms with Gasteiger partial charge in [-0.2, -0.15) is 0 Å². The predicted octanol–water partition coefficient (Wildman–Crippen LogP) is 3.88. The van der Waals surface area contributed by atoms with Crippen LogP contribution in [0.2, 0.25) is 0 Å². The summed E-state index contributed by atoms with van der Waals surface area (Å²) in [5, 5.41) is 4.13. The third-order valence-electron chi connectivity index (χ3n) is 5.21. The number of para-hydroxylation sites is 1. The van der Waals surface area contributed by atoms with Crippen molar-refractivity contribution in [1.29, 1.82) is 0 Å². The van der Waals surface area contributed by atoms with Gasteiger partial charge in [-0.3, -0.25) is 4.79 Å². The lowest BCUT2D eigenvalue weighted by Crippen LogP contribution is -2.55. The van der Waals surface area contributed by atoms with Crippen molar-refractivity contribution in [2.24, 2.45) is 5.92 Å². The molecule has 0 bridgehead atoms. The summed E-state index contributed by atoms with van der Waals surface area (Å²) >= 11 is 1.65. The summed E-state index contributed by atoms with van der Waals surface area (Å²) < 4.78 is 6.50. The highest BCUT2D eigenvalue weighted by molar-refractivity contribution is 7.22. The number of hydrogen-bond acceptors (Lipinski definition) is 5. The van der Waals surface area contributed by atoms with E-state index in [1.807, 2.05) is 18.2 Å². The number of thiazole rings is 1. The molecule has 1 amide bonds. The molecular weight excluding hydrogens is 370 g/mol. The van der Waals surface area contributed by atoms with Gasteiger partial charge < -0.3 is 15.0 Å². The number of amides is 1. The van der Waals surface area contributed by atoms with E-state index in [1.54, 1.807) is 18.4 Å². The molecule has 0 spiro atoms. The van der Waals surface area contributed by atoms with Crippen LogP contribution in [0, 0.1) is 5.92 Å². The zero-order chi connectivity index (χ0) is 19.5. The standard InChI is InChI=1S/C22H25N3O2S/c1-15(11-12-16-7-4-3-5-8-16)23-21(26)17-13-25(14-17)22-24-20-18(27-2)9-6-10-19(20)28-22/h3-10,15,17H,11-14H2,1-2H3,(H,23,26). The molecule has 2 aromatic carbocycles. The molecule has 0 aliphatic carbocycles. The minimum absolute atomic E-state index is 0.0353. The SMILES string of the molecule is COc1cccc2sc(N3CC(C(=O)NC(C)CCc4ccccc4)C3)nc12. The Morgan fingerprint density at radius 1 is 1.25 bits per heavy atom. The van der Waals surface area contributed by atoms with Crippen LogP contribution in [0.4, 0.5) is 5.13 Å². The van der Waals surface area contributed by atoms with E-state index in [1.165, 1.54) is 5.56 Å². The van der Waals surface area contributed by atoms with Gasteiger partial charge in [0.25, 0.3) is 0 Å². The molecule has 28 heavy (non-hydrogen) atoms. The fourth-order valence-electron chi connectivity index (χ4n) is 3.47. The highest BCUT2D eigenvalue weighted by Gasteiger charge is 2.35. The maximum atomic E-state index is 12.5. The van der Waals surface area contributed by atoms with E-state index in [4.69, 9.17) is 9.72 Å². The van der Waals surface area contributed by atoms with E-state index in [0.29, 0.717) is 0 Å². The first-order chi connectivity index (χ1) is 13.6. The van der Waals surface area contributed by atoms with Crippen molar-refractivity contribution in [2.75, 3.05) is 25.1 Å². The van der Waals surface area contributed by atoms with Crippen LogP contribution in [0.25, 0.3) is 10.2 Å². The first kappa shape index (κ1) is 18.7. The number of nitrogens with zero attached hydrogens (tertiary/aromatic N) is 2. The molecule has 3 aromatic rings. The second-order valence-corrected chi connectivity index (χ2v) is 8.35. The van der Waals surface area contributed by atoms with Gasteiger partial charge in [-0.1, -0.05) is 47.7 Å². The molecule has 0 radical (unpaired) electrons. The van der Waals surface area contributed by atoms with Gasteiger partial charge in [-0.05, 0) is 37.5 Å². The summed E-state index contributed by atoms with van der Waals surface area (Å²) in [4.78, 5) is 19.4. The van der Waals surface area contributed by atoms with Crippen molar-refractivity contribution >= 4 is 32.6 Å². The quantitative estimate of drug-likeness (QED) is 0.660.